The van der Waals surface area contributed by atoms with Crippen molar-refractivity contribution in [2.24, 2.45) is 0 Å². The number of allylic oxidation sites excluding steroid dienone is 5. The van der Waals surface area contributed by atoms with Gasteiger partial charge in [-0.25, -0.2) is 0 Å². The lowest BCUT2D eigenvalue weighted by atomic mass is 10.2. The highest BCUT2D eigenvalue weighted by Gasteiger charge is 1.79. The van der Waals surface area contributed by atoms with Crippen LogP contribution in [-0.2, 0) is 0 Å². The first-order chi connectivity index (χ1) is 5.41. The van der Waals surface area contributed by atoms with Gasteiger partial charge in [-0.2, -0.15) is 0 Å². The Kier molecular flexibility index (Phi) is 8.57. The minimum Gasteiger partial charge on any atom is -0.0991 e. The maximum atomic E-state index is 3.59. The van der Waals surface area contributed by atoms with E-state index in [1.807, 2.05) is 12.2 Å². The van der Waals surface area contributed by atoms with Crippen LogP contribution in [-0.4, -0.2) is 0 Å². The number of hydrogen-bond donors (Lipinski definition) is 0. The summed E-state index contributed by atoms with van der Waals surface area (Å²) in [5.74, 6) is 0. The molecule has 0 atom stereocenters. The zero-order chi connectivity index (χ0) is 8.36. The molecule has 0 rings (SSSR count). The number of hydrogen-bond acceptors (Lipinski definition) is 0. The molecule has 0 heterocycles. The van der Waals surface area contributed by atoms with Gasteiger partial charge >= 0.3 is 0 Å². The first-order valence-electron chi connectivity index (χ1n) is 4.36. The van der Waals surface area contributed by atoms with Gasteiger partial charge in [0.1, 0.15) is 0 Å². The van der Waals surface area contributed by atoms with Crippen LogP contribution >= 0.6 is 0 Å². The Morgan fingerprint density at radius 3 is 2.55 bits per heavy atom. The molecule has 0 heteroatoms. The van der Waals surface area contributed by atoms with Gasteiger partial charge in [0.15, 0.2) is 0 Å². The minimum atomic E-state index is 1.20. The van der Waals surface area contributed by atoms with E-state index in [4.69, 9.17) is 0 Å². The average molecular weight is 150 g/mol. The van der Waals surface area contributed by atoms with Gasteiger partial charge in [0.2, 0.25) is 0 Å². The van der Waals surface area contributed by atoms with Gasteiger partial charge in [-0.1, -0.05) is 56.7 Å². The molecule has 0 bridgehead atoms. The Morgan fingerprint density at radius 2 is 1.91 bits per heavy atom. The zero-order valence-electron chi connectivity index (χ0n) is 7.42. The Labute approximate surface area is 70.3 Å². The van der Waals surface area contributed by atoms with Crippen molar-refractivity contribution in [1.82, 2.24) is 0 Å². The second kappa shape index (κ2) is 9.22. The van der Waals surface area contributed by atoms with E-state index in [2.05, 4.69) is 25.7 Å². The minimum absolute atomic E-state index is 1.20. The third kappa shape index (κ3) is 9.22. The van der Waals surface area contributed by atoms with Gasteiger partial charge in [0.25, 0.3) is 0 Å². The van der Waals surface area contributed by atoms with Gasteiger partial charge < -0.3 is 0 Å². The van der Waals surface area contributed by atoms with Crippen molar-refractivity contribution < 1.29 is 0 Å². The Morgan fingerprint density at radius 1 is 1.09 bits per heavy atom. The van der Waals surface area contributed by atoms with Crippen molar-refractivity contribution in [3.63, 3.8) is 0 Å². The van der Waals surface area contributed by atoms with Crippen molar-refractivity contribution in [3.8, 4) is 0 Å². The predicted octanol–water partition coefficient (Wildman–Crippen LogP) is 3.87. The van der Waals surface area contributed by atoms with Gasteiger partial charge in [0, 0.05) is 0 Å². The Bertz CT molecular complexity index is 129. The van der Waals surface area contributed by atoms with Crippen LogP contribution < -0.4 is 0 Å². The molecule has 0 spiro atoms. The predicted molar refractivity (Wildman–Crippen MR) is 52.6 cm³/mol. The standard InChI is InChI=1S/C11H18/c1-3-5-7-9-11-10-8-6-4-2/h3,5,7,9,11H,1,4,6,8,10H2,2H3/b7-5+,11-9?. The molecule has 0 aliphatic heterocycles. The Balaban J connectivity index is 3.15. The van der Waals surface area contributed by atoms with Gasteiger partial charge in [-0.05, 0) is 12.8 Å². The molecule has 62 valence electrons. The van der Waals surface area contributed by atoms with Crippen LogP contribution in [0.15, 0.2) is 37.0 Å². The molecule has 0 N–H and O–H groups in total. The van der Waals surface area contributed by atoms with Crippen LogP contribution in [0.1, 0.15) is 32.6 Å². The SMILES string of the molecule is C=C/C=C/C=CCCCCC. The average Bonchev–Trinajstić information content (AvgIpc) is 2.03. The van der Waals surface area contributed by atoms with E-state index in [0.29, 0.717) is 0 Å². The molecule has 0 fully saturated rings. The molecule has 0 aromatic carbocycles. The topological polar surface area (TPSA) is 0 Å². The molecule has 0 nitrogen and oxygen atoms in total. The lowest BCUT2D eigenvalue weighted by Gasteiger charge is -1.89. The summed E-state index contributed by atoms with van der Waals surface area (Å²) < 4.78 is 0. The highest BCUT2D eigenvalue weighted by Crippen LogP contribution is 1.99. The number of unbranched alkanes of at least 4 members (excludes halogenated alkanes) is 3. The van der Waals surface area contributed by atoms with E-state index in [0.717, 1.165) is 0 Å². The molecule has 0 aliphatic rings. The van der Waals surface area contributed by atoms with Gasteiger partial charge in [0.05, 0.1) is 0 Å². The Hall–Kier alpha value is -0.780. The van der Waals surface area contributed by atoms with Crippen molar-refractivity contribution in [3.05, 3.63) is 37.0 Å². The lowest BCUT2D eigenvalue weighted by molar-refractivity contribution is 0.729. The molecule has 0 aromatic rings. The summed E-state index contributed by atoms with van der Waals surface area (Å²) in [4.78, 5) is 0. The summed E-state index contributed by atoms with van der Waals surface area (Å²) in [5.41, 5.74) is 0. The van der Waals surface area contributed by atoms with Crippen LogP contribution in [0.5, 0.6) is 0 Å². The van der Waals surface area contributed by atoms with Crippen molar-refractivity contribution in [1.29, 1.82) is 0 Å². The quantitative estimate of drug-likeness (QED) is 0.398. The molecule has 0 aliphatic carbocycles. The first-order valence-corrected chi connectivity index (χ1v) is 4.36. The third-order valence-electron chi connectivity index (χ3n) is 1.47. The molecule has 0 saturated carbocycles. The fourth-order valence-corrected chi connectivity index (χ4v) is 0.830. The molecular weight excluding hydrogens is 132 g/mol. The molecule has 0 amide bonds. The summed E-state index contributed by atoms with van der Waals surface area (Å²) >= 11 is 0. The van der Waals surface area contributed by atoms with E-state index in [9.17, 15) is 0 Å². The van der Waals surface area contributed by atoms with Crippen LogP contribution in [0.3, 0.4) is 0 Å². The highest BCUT2D eigenvalue weighted by molar-refractivity contribution is 5.08. The molecular formula is C11H18. The maximum absolute atomic E-state index is 3.59. The van der Waals surface area contributed by atoms with Crippen LogP contribution in [0, 0.1) is 0 Å². The second-order valence-corrected chi connectivity index (χ2v) is 2.54. The summed E-state index contributed by atoms with van der Waals surface area (Å²) in [5, 5.41) is 0. The van der Waals surface area contributed by atoms with E-state index in [1.165, 1.54) is 25.7 Å². The van der Waals surface area contributed by atoms with E-state index < -0.39 is 0 Å². The van der Waals surface area contributed by atoms with E-state index >= 15 is 0 Å². The van der Waals surface area contributed by atoms with E-state index in [-0.39, 0.29) is 0 Å². The molecule has 0 radical (unpaired) electrons. The van der Waals surface area contributed by atoms with Crippen molar-refractivity contribution in [2.75, 3.05) is 0 Å². The summed E-state index contributed by atoms with van der Waals surface area (Å²) in [6.07, 6.45) is 15.2. The normalized spacial score (nSPS) is 11.4. The first kappa shape index (κ1) is 10.2. The summed E-state index contributed by atoms with van der Waals surface area (Å²) in [6, 6.07) is 0. The second-order valence-electron chi connectivity index (χ2n) is 2.54. The van der Waals surface area contributed by atoms with Crippen LogP contribution in [0.4, 0.5) is 0 Å². The molecule has 0 aromatic heterocycles. The lowest BCUT2D eigenvalue weighted by Crippen LogP contribution is -1.69. The third-order valence-corrected chi connectivity index (χ3v) is 1.47. The zero-order valence-corrected chi connectivity index (χ0v) is 7.42. The maximum Gasteiger partial charge on any atom is -0.0348 e. The monoisotopic (exact) mass is 150 g/mol. The summed E-state index contributed by atoms with van der Waals surface area (Å²) in [6.45, 7) is 5.81. The van der Waals surface area contributed by atoms with Gasteiger partial charge in [-0.3, -0.25) is 0 Å². The molecule has 11 heavy (non-hydrogen) atoms. The van der Waals surface area contributed by atoms with Crippen molar-refractivity contribution in [2.45, 2.75) is 32.6 Å². The largest absolute Gasteiger partial charge is 0.0991 e. The molecule has 0 unspecified atom stereocenters. The van der Waals surface area contributed by atoms with E-state index in [1.54, 1.807) is 6.08 Å². The van der Waals surface area contributed by atoms with Crippen LogP contribution in [0.25, 0.3) is 0 Å². The van der Waals surface area contributed by atoms with Crippen LogP contribution in [0.2, 0.25) is 0 Å². The molecule has 0 saturated heterocycles. The highest BCUT2D eigenvalue weighted by atomic mass is 13.9. The smallest absolute Gasteiger partial charge is 0.0348 e. The van der Waals surface area contributed by atoms with Gasteiger partial charge in [-0.15, -0.1) is 0 Å². The summed E-state index contributed by atoms with van der Waals surface area (Å²) in [7, 11) is 0. The fourth-order valence-electron chi connectivity index (χ4n) is 0.830. The fraction of sp³-hybridized carbons (Fsp3) is 0.455. The number of rotatable bonds is 6. The van der Waals surface area contributed by atoms with Crippen molar-refractivity contribution >= 4 is 0 Å².